The highest BCUT2D eigenvalue weighted by Gasteiger charge is 2.38. The van der Waals surface area contributed by atoms with Crippen LogP contribution in [0, 0.1) is 5.92 Å². The van der Waals surface area contributed by atoms with Gasteiger partial charge in [0.2, 0.25) is 0 Å². The smallest absolute Gasteiger partial charge is 0.320 e. The third-order valence-corrected chi connectivity index (χ3v) is 3.31. The molecular weight excluding hydrogens is 242 g/mol. The minimum Gasteiger partial charge on any atom is -0.480 e. The number of hydrogen-bond donors (Lipinski definition) is 4. The van der Waals surface area contributed by atoms with Crippen LogP contribution in [0.4, 0.5) is 0 Å². The Kier molecular flexibility index (Phi) is 6.05. The van der Waals surface area contributed by atoms with Gasteiger partial charge in [-0.2, -0.15) is 0 Å². The van der Waals surface area contributed by atoms with E-state index in [0.29, 0.717) is 13.0 Å². The average Bonchev–Trinajstić information content (AvgIpc) is 2.73. The number of nitrogens with two attached hydrogens (primary N) is 1. The van der Waals surface area contributed by atoms with Gasteiger partial charge in [-0.3, -0.25) is 10.1 Å². The van der Waals surface area contributed by atoms with Gasteiger partial charge in [-0.15, -0.1) is 0 Å². The molecule has 5 N–H and O–H groups in total. The molecule has 19 heavy (non-hydrogen) atoms. The van der Waals surface area contributed by atoms with Crippen LogP contribution >= 0.6 is 0 Å². The molecule has 1 aliphatic rings. The zero-order chi connectivity index (χ0) is 14.4. The molecule has 5 heteroatoms. The van der Waals surface area contributed by atoms with E-state index < -0.39 is 12.0 Å². The number of aliphatic carboxylic acids is 1. The first-order valence-corrected chi connectivity index (χ1v) is 6.69. The van der Waals surface area contributed by atoms with Crippen molar-refractivity contribution in [1.82, 2.24) is 10.6 Å². The normalized spacial score (nSPS) is 28.3. The molecule has 1 aliphatic heterocycles. The summed E-state index contributed by atoms with van der Waals surface area (Å²) in [6.07, 6.45) is 6.52. The highest BCUT2D eigenvalue weighted by atomic mass is 16.4. The molecule has 1 heterocycles. The van der Waals surface area contributed by atoms with Crippen LogP contribution in [0.5, 0.6) is 0 Å². The number of nitrogens with one attached hydrogen (secondary N) is 2. The fourth-order valence-corrected chi connectivity index (χ4v) is 2.43. The van der Waals surface area contributed by atoms with Gasteiger partial charge in [0.25, 0.3) is 0 Å². The molecule has 4 atom stereocenters. The van der Waals surface area contributed by atoms with Crippen molar-refractivity contribution in [2.75, 3.05) is 6.54 Å². The number of carboxylic acid groups (broad SMARTS) is 1. The van der Waals surface area contributed by atoms with Crippen molar-refractivity contribution >= 4 is 5.97 Å². The second-order valence-corrected chi connectivity index (χ2v) is 5.30. The topological polar surface area (TPSA) is 87.4 Å². The number of allylic oxidation sites excluding steroid dienone is 2. The first-order valence-electron chi connectivity index (χ1n) is 6.69. The lowest BCUT2D eigenvalue weighted by molar-refractivity contribution is -0.139. The Balaban J connectivity index is 2.62. The molecular formula is C14H25N3O2. The number of rotatable bonds is 6. The molecule has 0 saturated carbocycles. The van der Waals surface area contributed by atoms with Crippen LogP contribution in [0.2, 0.25) is 0 Å². The quantitative estimate of drug-likeness (QED) is 0.536. The van der Waals surface area contributed by atoms with E-state index in [1.54, 1.807) is 0 Å². The van der Waals surface area contributed by atoms with Gasteiger partial charge in [0.05, 0.1) is 0 Å². The third kappa shape index (κ3) is 4.69. The highest BCUT2D eigenvalue weighted by molar-refractivity contribution is 5.74. The predicted molar refractivity (Wildman–Crippen MR) is 76.7 cm³/mol. The van der Waals surface area contributed by atoms with Crippen molar-refractivity contribution in [3.05, 3.63) is 23.9 Å². The van der Waals surface area contributed by atoms with Crippen molar-refractivity contribution < 1.29 is 9.90 Å². The van der Waals surface area contributed by atoms with Crippen LogP contribution in [0.15, 0.2) is 23.9 Å². The monoisotopic (exact) mass is 267 g/mol. The minimum atomic E-state index is -0.804. The molecule has 0 aliphatic carbocycles. The molecule has 0 aromatic carbocycles. The standard InChI is InChI=1S/C14H25N3O2/c1-4-5-10-6-12(14(18)19)17-13(10)11(15)8-16-7-9(2)3/h4-5,7,10-13,16-17H,6,8,15H2,1-3H3,(H,18,19)/b5-4-. The van der Waals surface area contributed by atoms with Gasteiger partial charge in [-0.05, 0) is 39.3 Å². The minimum absolute atomic E-state index is 0.00429. The summed E-state index contributed by atoms with van der Waals surface area (Å²) in [5.74, 6) is -0.629. The van der Waals surface area contributed by atoms with Gasteiger partial charge in [0.15, 0.2) is 0 Å². The molecule has 5 nitrogen and oxygen atoms in total. The van der Waals surface area contributed by atoms with Crippen molar-refractivity contribution in [1.29, 1.82) is 0 Å². The Bertz CT molecular complexity index is 362. The number of hydrogen-bond acceptors (Lipinski definition) is 4. The zero-order valence-corrected chi connectivity index (χ0v) is 11.9. The van der Waals surface area contributed by atoms with Crippen molar-refractivity contribution in [2.45, 2.75) is 45.3 Å². The molecule has 0 aromatic rings. The van der Waals surface area contributed by atoms with Crippen molar-refractivity contribution in [2.24, 2.45) is 11.7 Å². The van der Waals surface area contributed by atoms with Crippen LogP contribution in [0.1, 0.15) is 27.2 Å². The molecule has 1 saturated heterocycles. The van der Waals surface area contributed by atoms with E-state index >= 15 is 0 Å². The van der Waals surface area contributed by atoms with Crippen molar-refractivity contribution in [3.8, 4) is 0 Å². The van der Waals surface area contributed by atoms with E-state index in [-0.39, 0.29) is 18.0 Å². The van der Waals surface area contributed by atoms with Gasteiger partial charge in [-0.25, -0.2) is 0 Å². The Labute approximate surface area is 114 Å². The van der Waals surface area contributed by atoms with E-state index in [4.69, 9.17) is 10.8 Å². The van der Waals surface area contributed by atoms with E-state index in [1.165, 1.54) is 5.57 Å². The van der Waals surface area contributed by atoms with Gasteiger partial charge >= 0.3 is 5.97 Å². The first kappa shape index (κ1) is 15.7. The molecule has 0 spiro atoms. The lowest BCUT2D eigenvalue weighted by Crippen LogP contribution is -2.51. The summed E-state index contributed by atoms with van der Waals surface area (Å²) in [5, 5.41) is 15.4. The lowest BCUT2D eigenvalue weighted by atomic mass is 9.93. The number of carbonyl (C=O) groups is 1. The largest absolute Gasteiger partial charge is 0.480 e. The Morgan fingerprint density at radius 3 is 2.79 bits per heavy atom. The van der Waals surface area contributed by atoms with Crippen LogP contribution in [-0.2, 0) is 4.79 Å². The van der Waals surface area contributed by atoms with E-state index in [0.717, 1.165) is 0 Å². The molecule has 0 radical (unpaired) electrons. The molecule has 108 valence electrons. The Hall–Kier alpha value is -1.33. The van der Waals surface area contributed by atoms with Crippen molar-refractivity contribution in [3.63, 3.8) is 0 Å². The SMILES string of the molecule is C/C=C\C1CC(C(=O)O)NC1C(N)CNC=C(C)C. The maximum absolute atomic E-state index is 11.1. The molecule has 4 unspecified atom stereocenters. The number of carboxylic acids is 1. The Morgan fingerprint density at radius 2 is 2.26 bits per heavy atom. The molecule has 0 bridgehead atoms. The summed E-state index contributed by atoms with van der Waals surface area (Å²) < 4.78 is 0. The van der Waals surface area contributed by atoms with E-state index in [2.05, 4.69) is 10.6 Å². The van der Waals surface area contributed by atoms with Gasteiger partial charge in [0.1, 0.15) is 6.04 Å². The van der Waals surface area contributed by atoms with Gasteiger partial charge in [0, 0.05) is 18.6 Å². The van der Waals surface area contributed by atoms with Gasteiger partial charge < -0.3 is 16.2 Å². The fourth-order valence-electron chi connectivity index (χ4n) is 2.43. The maximum atomic E-state index is 11.1. The summed E-state index contributed by atoms with van der Waals surface area (Å²) in [5.41, 5.74) is 7.35. The predicted octanol–water partition coefficient (Wildman–Crippen LogP) is 0.834. The summed E-state index contributed by atoms with van der Waals surface area (Å²) in [4.78, 5) is 11.1. The van der Waals surface area contributed by atoms with E-state index in [1.807, 2.05) is 39.1 Å². The second-order valence-electron chi connectivity index (χ2n) is 5.30. The molecule has 1 rings (SSSR count). The Morgan fingerprint density at radius 1 is 1.58 bits per heavy atom. The van der Waals surface area contributed by atoms with E-state index in [9.17, 15) is 4.79 Å². The summed E-state index contributed by atoms with van der Waals surface area (Å²) in [7, 11) is 0. The lowest BCUT2D eigenvalue weighted by Gasteiger charge is -2.24. The summed E-state index contributed by atoms with van der Waals surface area (Å²) >= 11 is 0. The van der Waals surface area contributed by atoms with Gasteiger partial charge in [-0.1, -0.05) is 17.7 Å². The summed E-state index contributed by atoms with van der Waals surface area (Å²) in [6, 6.07) is -0.628. The fraction of sp³-hybridized carbons (Fsp3) is 0.643. The average molecular weight is 267 g/mol. The first-order chi connectivity index (χ1) is 8.95. The molecule has 1 fully saturated rings. The van der Waals surface area contributed by atoms with Crippen LogP contribution in [0.25, 0.3) is 0 Å². The molecule has 0 aromatic heterocycles. The second kappa shape index (κ2) is 7.31. The van der Waals surface area contributed by atoms with Crippen LogP contribution in [0.3, 0.4) is 0 Å². The zero-order valence-electron chi connectivity index (χ0n) is 11.9. The third-order valence-electron chi connectivity index (χ3n) is 3.31. The van der Waals surface area contributed by atoms with Crippen LogP contribution < -0.4 is 16.4 Å². The van der Waals surface area contributed by atoms with Crippen LogP contribution in [-0.4, -0.2) is 35.7 Å². The summed E-state index contributed by atoms with van der Waals surface area (Å²) in [6.45, 7) is 6.59. The highest BCUT2D eigenvalue weighted by Crippen LogP contribution is 2.24. The molecule has 0 amide bonds. The maximum Gasteiger partial charge on any atom is 0.320 e.